The predicted molar refractivity (Wildman–Crippen MR) is 67.6 cm³/mol. The number of ether oxygens (including phenoxy) is 1. The summed E-state index contributed by atoms with van der Waals surface area (Å²) in [5.74, 6) is 0. The number of benzene rings is 1. The van der Waals surface area contributed by atoms with Crippen molar-refractivity contribution in [3.05, 3.63) is 29.3 Å². The molecule has 1 atom stereocenters. The van der Waals surface area contributed by atoms with Gasteiger partial charge < -0.3 is 4.74 Å². The van der Waals surface area contributed by atoms with Crippen LogP contribution < -0.4 is 4.72 Å². The molecule has 0 aliphatic heterocycles. The Morgan fingerprint density at radius 2 is 2.17 bits per heavy atom. The quantitative estimate of drug-likeness (QED) is 0.869. The molecule has 1 N–H and O–H groups in total. The highest BCUT2D eigenvalue weighted by Crippen LogP contribution is 2.16. The van der Waals surface area contributed by atoms with Gasteiger partial charge in [-0.15, -0.1) is 0 Å². The first-order valence-corrected chi connectivity index (χ1v) is 6.92. The molecule has 0 bridgehead atoms. The van der Waals surface area contributed by atoms with Crippen molar-refractivity contribution in [3.63, 3.8) is 0 Å². The van der Waals surface area contributed by atoms with Crippen LogP contribution in [0.2, 0.25) is 0 Å². The van der Waals surface area contributed by atoms with Gasteiger partial charge in [-0.05, 0) is 31.5 Å². The van der Waals surface area contributed by atoms with E-state index in [1.165, 1.54) is 13.2 Å². The van der Waals surface area contributed by atoms with Crippen LogP contribution in [0.4, 0.5) is 0 Å². The van der Waals surface area contributed by atoms with Crippen molar-refractivity contribution in [2.24, 2.45) is 0 Å². The molecule has 98 valence electrons. The molecule has 0 saturated heterocycles. The average molecular weight is 268 g/mol. The molecule has 18 heavy (non-hydrogen) atoms. The second kappa shape index (κ2) is 5.96. The molecule has 1 aromatic rings. The minimum Gasteiger partial charge on any atom is -0.380 e. The third kappa shape index (κ3) is 3.53. The van der Waals surface area contributed by atoms with Gasteiger partial charge in [0, 0.05) is 13.7 Å². The lowest BCUT2D eigenvalue weighted by Crippen LogP contribution is -2.32. The third-order valence-corrected chi connectivity index (χ3v) is 4.14. The van der Waals surface area contributed by atoms with Gasteiger partial charge in [-0.3, -0.25) is 0 Å². The van der Waals surface area contributed by atoms with E-state index in [1.54, 1.807) is 26.0 Å². The lowest BCUT2D eigenvalue weighted by atomic mass is 10.2. The maximum absolute atomic E-state index is 12.1. The number of hydrogen-bond donors (Lipinski definition) is 1. The summed E-state index contributed by atoms with van der Waals surface area (Å²) in [6.45, 7) is 3.64. The van der Waals surface area contributed by atoms with Crippen molar-refractivity contribution >= 4 is 10.0 Å². The number of sulfonamides is 1. The first-order valence-electron chi connectivity index (χ1n) is 5.44. The summed E-state index contributed by atoms with van der Waals surface area (Å²) in [6, 6.07) is 6.50. The Balaban J connectivity index is 3.02. The molecule has 0 amide bonds. The highest BCUT2D eigenvalue weighted by molar-refractivity contribution is 7.89. The van der Waals surface area contributed by atoms with E-state index in [9.17, 15) is 8.42 Å². The summed E-state index contributed by atoms with van der Waals surface area (Å²) in [5, 5.41) is 8.79. The molecule has 0 aromatic heterocycles. The zero-order valence-electron chi connectivity index (χ0n) is 10.6. The van der Waals surface area contributed by atoms with E-state index in [0.717, 1.165) is 0 Å². The number of hydrogen-bond acceptors (Lipinski definition) is 4. The molecule has 0 radical (unpaired) electrons. The highest BCUT2D eigenvalue weighted by Gasteiger charge is 2.18. The third-order valence-electron chi connectivity index (χ3n) is 2.57. The number of methoxy groups -OCH3 is 1. The summed E-state index contributed by atoms with van der Waals surface area (Å²) >= 11 is 0. The van der Waals surface area contributed by atoms with Gasteiger partial charge in [0.05, 0.1) is 22.6 Å². The first kappa shape index (κ1) is 14.6. The minimum absolute atomic E-state index is 0.129. The average Bonchev–Trinajstić information content (AvgIpc) is 2.36. The lowest BCUT2D eigenvalue weighted by Gasteiger charge is -2.12. The molecule has 1 rings (SSSR count). The van der Waals surface area contributed by atoms with Gasteiger partial charge in [-0.2, -0.15) is 5.26 Å². The normalized spacial score (nSPS) is 13.0. The second-order valence-corrected chi connectivity index (χ2v) is 5.73. The summed E-state index contributed by atoms with van der Waals surface area (Å²) in [7, 11) is -2.10. The van der Waals surface area contributed by atoms with Crippen molar-refractivity contribution in [2.45, 2.75) is 24.8 Å². The zero-order chi connectivity index (χ0) is 13.8. The molecule has 0 aliphatic carbocycles. The predicted octanol–water partition coefficient (Wildman–Crippen LogP) is 1.18. The van der Waals surface area contributed by atoms with Crippen molar-refractivity contribution in [2.75, 3.05) is 13.7 Å². The van der Waals surface area contributed by atoms with Gasteiger partial charge in [0.2, 0.25) is 10.0 Å². The van der Waals surface area contributed by atoms with E-state index in [0.29, 0.717) is 11.1 Å². The fraction of sp³-hybridized carbons (Fsp3) is 0.417. The fourth-order valence-corrected chi connectivity index (χ4v) is 2.73. The molecule has 0 aliphatic rings. The van der Waals surface area contributed by atoms with Crippen molar-refractivity contribution in [1.29, 1.82) is 5.26 Å². The highest BCUT2D eigenvalue weighted by atomic mass is 32.2. The van der Waals surface area contributed by atoms with E-state index in [4.69, 9.17) is 10.00 Å². The Hall–Kier alpha value is -1.42. The van der Waals surface area contributed by atoms with Crippen molar-refractivity contribution < 1.29 is 13.2 Å². The number of nitrogens with zero attached hydrogens (tertiary/aromatic N) is 1. The van der Waals surface area contributed by atoms with Crippen LogP contribution in [0.5, 0.6) is 0 Å². The van der Waals surface area contributed by atoms with Crippen molar-refractivity contribution in [1.82, 2.24) is 4.72 Å². The second-order valence-electron chi connectivity index (χ2n) is 3.99. The Kier molecular flexibility index (Phi) is 4.84. The summed E-state index contributed by atoms with van der Waals surface area (Å²) in [6.07, 6.45) is -0.209. The summed E-state index contributed by atoms with van der Waals surface area (Å²) < 4.78 is 31.6. The van der Waals surface area contributed by atoms with E-state index < -0.39 is 10.0 Å². The monoisotopic (exact) mass is 268 g/mol. The smallest absolute Gasteiger partial charge is 0.240 e. The molecule has 1 unspecified atom stereocenters. The maximum atomic E-state index is 12.1. The van der Waals surface area contributed by atoms with E-state index in [1.807, 2.05) is 6.07 Å². The van der Waals surface area contributed by atoms with E-state index >= 15 is 0 Å². The summed E-state index contributed by atoms with van der Waals surface area (Å²) in [4.78, 5) is 0.129. The molecule has 5 nitrogen and oxygen atoms in total. The lowest BCUT2D eigenvalue weighted by molar-refractivity contribution is 0.122. The Bertz CT molecular complexity index is 561. The van der Waals surface area contributed by atoms with Gasteiger partial charge in [0.25, 0.3) is 0 Å². The number of nitriles is 1. The standard InChI is InChI=1S/C12H16N2O3S/c1-9-4-5-11(7-13)6-12(9)18(15,16)14-8-10(2)17-3/h4-6,10,14H,8H2,1-3H3. The summed E-state index contributed by atoms with van der Waals surface area (Å²) in [5.41, 5.74) is 0.923. The largest absolute Gasteiger partial charge is 0.380 e. The molecule has 0 heterocycles. The van der Waals surface area contributed by atoms with E-state index in [2.05, 4.69) is 4.72 Å². The number of rotatable bonds is 5. The molecule has 1 aromatic carbocycles. The Labute approximate surface area is 107 Å². The molecular weight excluding hydrogens is 252 g/mol. The molecule has 0 saturated carbocycles. The Morgan fingerprint density at radius 3 is 2.72 bits per heavy atom. The molecular formula is C12H16N2O3S. The van der Waals surface area contributed by atoms with Gasteiger partial charge in [-0.25, -0.2) is 13.1 Å². The van der Waals surface area contributed by atoms with Crippen LogP contribution in [0, 0.1) is 18.3 Å². The first-order chi connectivity index (χ1) is 8.40. The van der Waals surface area contributed by atoms with Crippen LogP contribution in [-0.2, 0) is 14.8 Å². The van der Waals surface area contributed by atoms with Gasteiger partial charge in [-0.1, -0.05) is 6.07 Å². The van der Waals surface area contributed by atoms with Crippen LogP contribution in [0.25, 0.3) is 0 Å². The van der Waals surface area contributed by atoms with Crippen LogP contribution in [-0.4, -0.2) is 28.2 Å². The topological polar surface area (TPSA) is 79.2 Å². The van der Waals surface area contributed by atoms with Gasteiger partial charge in [0.1, 0.15) is 0 Å². The number of aryl methyl sites for hydroxylation is 1. The van der Waals surface area contributed by atoms with Crippen molar-refractivity contribution in [3.8, 4) is 6.07 Å². The molecule has 0 spiro atoms. The number of nitrogens with one attached hydrogen (secondary N) is 1. The Morgan fingerprint density at radius 1 is 1.50 bits per heavy atom. The molecule has 6 heteroatoms. The minimum atomic E-state index is -3.61. The zero-order valence-corrected chi connectivity index (χ0v) is 11.4. The molecule has 0 fully saturated rings. The SMILES string of the molecule is COC(C)CNS(=O)(=O)c1cc(C#N)ccc1C. The van der Waals surface area contributed by atoms with E-state index in [-0.39, 0.29) is 17.5 Å². The van der Waals surface area contributed by atoms with Crippen LogP contribution >= 0.6 is 0 Å². The fourth-order valence-electron chi connectivity index (χ4n) is 1.35. The van der Waals surface area contributed by atoms with Gasteiger partial charge >= 0.3 is 0 Å². The van der Waals surface area contributed by atoms with Gasteiger partial charge in [0.15, 0.2) is 0 Å². The van der Waals surface area contributed by atoms with Crippen LogP contribution in [0.1, 0.15) is 18.1 Å². The van der Waals surface area contributed by atoms with Crippen LogP contribution in [0.3, 0.4) is 0 Å². The maximum Gasteiger partial charge on any atom is 0.240 e. The van der Waals surface area contributed by atoms with Crippen LogP contribution in [0.15, 0.2) is 23.1 Å².